The normalized spacial score (nSPS) is 11.9. The van der Waals surface area contributed by atoms with Crippen molar-refractivity contribution in [2.45, 2.75) is 13.0 Å². The van der Waals surface area contributed by atoms with E-state index in [0.717, 1.165) is 10.0 Å². The molecule has 2 rings (SSSR count). The molecule has 0 spiro atoms. The predicted octanol–water partition coefficient (Wildman–Crippen LogP) is 3.18. The predicted molar refractivity (Wildman–Crippen MR) is 77.5 cm³/mol. The summed E-state index contributed by atoms with van der Waals surface area (Å²) < 4.78 is 0.923. The molecule has 104 valence electrons. The van der Waals surface area contributed by atoms with E-state index >= 15 is 0 Å². The monoisotopic (exact) mass is 337 g/mol. The van der Waals surface area contributed by atoms with Gasteiger partial charge in [-0.15, -0.1) is 0 Å². The Labute approximate surface area is 123 Å². The number of H-pyrrole nitrogens is 1. The van der Waals surface area contributed by atoms with Gasteiger partial charge in [0.05, 0.1) is 6.04 Å². The van der Waals surface area contributed by atoms with Gasteiger partial charge in [-0.2, -0.15) is 0 Å². The lowest BCUT2D eigenvalue weighted by Crippen LogP contribution is -2.26. The van der Waals surface area contributed by atoms with Crippen LogP contribution in [0.5, 0.6) is 0 Å². The number of hydrogen-bond donors (Lipinski definition) is 2. The van der Waals surface area contributed by atoms with Crippen LogP contribution in [0.15, 0.2) is 40.9 Å². The molecule has 0 fully saturated rings. The molecule has 0 radical (unpaired) electrons. The molecular formula is C13H12BrN3O3. The highest BCUT2D eigenvalue weighted by atomic mass is 79.9. The van der Waals surface area contributed by atoms with Crippen LogP contribution >= 0.6 is 15.9 Å². The van der Waals surface area contributed by atoms with Gasteiger partial charge in [-0.1, -0.05) is 28.1 Å². The van der Waals surface area contributed by atoms with Crippen LogP contribution in [-0.2, 0) is 0 Å². The third-order valence-electron chi connectivity index (χ3n) is 2.81. The molecule has 2 aromatic rings. The molecule has 0 saturated heterocycles. The highest BCUT2D eigenvalue weighted by Gasteiger charge is 2.17. The number of aromatic nitrogens is 1. The number of hydrogen-bond acceptors (Lipinski definition) is 3. The smallest absolute Gasteiger partial charge is 0.321 e. The molecule has 0 aliphatic heterocycles. The van der Waals surface area contributed by atoms with E-state index in [-0.39, 0.29) is 23.5 Å². The summed E-state index contributed by atoms with van der Waals surface area (Å²) >= 11 is 3.37. The van der Waals surface area contributed by atoms with Crippen molar-refractivity contribution in [1.29, 1.82) is 0 Å². The molecule has 20 heavy (non-hydrogen) atoms. The minimum atomic E-state index is -0.575. The molecule has 1 unspecified atom stereocenters. The largest absolute Gasteiger partial charge is 0.358 e. The van der Waals surface area contributed by atoms with Crippen LogP contribution in [-0.4, -0.2) is 15.8 Å². The van der Waals surface area contributed by atoms with Crippen LogP contribution in [0, 0.1) is 10.1 Å². The van der Waals surface area contributed by atoms with E-state index in [1.165, 1.54) is 12.1 Å². The SMILES string of the molecule is CC(NC(=O)c1ccc([N+](=O)[O-])[nH]1)c1cccc(Br)c1. The topological polar surface area (TPSA) is 88.0 Å². The summed E-state index contributed by atoms with van der Waals surface area (Å²) in [5, 5.41) is 13.3. The Kier molecular flexibility index (Phi) is 4.19. The Bertz CT molecular complexity index is 654. The van der Waals surface area contributed by atoms with Crippen molar-refractivity contribution < 1.29 is 9.72 Å². The third kappa shape index (κ3) is 3.24. The zero-order valence-electron chi connectivity index (χ0n) is 10.6. The lowest BCUT2D eigenvalue weighted by Gasteiger charge is -2.13. The average Bonchev–Trinajstić information content (AvgIpc) is 2.88. The van der Waals surface area contributed by atoms with E-state index in [2.05, 4.69) is 26.2 Å². The van der Waals surface area contributed by atoms with Gasteiger partial charge in [0.25, 0.3) is 5.91 Å². The van der Waals surface area contributed by atoms with E-state index in [9.17, 15) is 14.9 Å². The van der Waals surface area contributed by atoms with Crippen molar-refractivity contribution in [2.75, 3.05) is 0 Å². The molecule has 2 N–H and O–H groups in total. The van der Waals surface area contributed by atoms with E-state index in [0.29, 0.717) is 0 Å². The molecule has 1 heterocycles. The summed E-state index contributed by atoms with van der Waals surface area (Å²) in [7, 11) is 0. The molecule has 0 aliphatic rings. The summed E-state index contributed by atoms with van der Waals surface area (Å²) in [5.41, 5.74) is 1.10. The maximum absolute atomic E-state index is 12.0. The Morgan fingerprint density at radius 1 is 1.40 bits per heavy atom. The molecule has 1 amide bonds. The van der Waals surface area contributed by atoms with Gasteiger partial charge in [-0.05, 0) is 35.6 Å². The number of benzene rings is 1. The number of nitrogens with zero attached hydrogens (tertiary/aromatic N) is 1. The van der Waals surface area contributed by atoms with Crippen LogP contribution in [0.2, 0.25) is 0 Å². The van der Waals surface area contributed by atoms with Gasteiger partial charge >= 0.3 is 5.82 Å². The van der Waals surface area contributed by atoms with Gasteiger partial charge in [0.15, 0.2) is 5.69 Å². The first-order valence-electron chi connectivity index (χ1n) is 5.87. The summed E-state index contributed by atoms with van der Waals surface area (Å²) in [5.74, 6) is -0.587. The minimum Gasteiger partial charge on any atom is -0.358 e. The van der Waals surface area contributed by atoms with Crippen molar-refractivity contribution >= 4 is 27.7 Å². The fourth-order valence-electron chi connectivity index (χ4n) is 1.76. The Morgan fingerprint density at radius 2 is 2.15 bits per heavy atom. The quantitative estimate of drug-likeness (QED) is 0.663. The summed E-state index contributed by atoms with van der Waals surface area (Å²) in [4.78, 5) is 24.4. The molecule has 0 bridgehead atoms. The van der Waals surface area contributed by atoms with Crippen molar-refractivity contribution in [3.63, 3.8) is 0 Å². The zero-order valence-corrected chi connectivity index (χ0v) is 12.2. The summed E-state index contributed by atoms with van der Waals surface area (Å²) in [6.45, 7) is 1.84. The Hall–Kier alpha value is -2.15. The number of carbonyl (C=O) groups excluding carboxylic acids is 1. The first-order chi connectivity index (χ1) is 9.47. The molecule has 1 aromatic heterocycles. The molecule has 0 aliphatic carbocycles. The second kappa shape index (κ2) is 5.87. The number of nitrogens with one attached hydrogen (secondary N) is 2. The summed E-state index contributed by atoms with van der Waals surface area (Å²) in [6.07, 6.45) is 0. The average molecular weight is 338 g/mol. The van der Waals surface area contributed by atoms with Gasteiger partial charge in [0.1, 0.15) is 0 Å². The fraction of sp³-hybridized carbons (Fsp3) is 0.154. The first kappa shape index (κ1) is 14.3. The van der Waals surface area contributed by atoms with Crippen LogP contribution in [0.25, 0.3) is 0 Å². The molecule has 1 aromatic carbocycles. The lowest BCUT2D eigenvalue weighted by atomic mass is 10.1. The van der Waals surface area contributed by atoms with E-state index in [1.807, 2.05) is 31.2 Å². The molecule has 1 atom stereocenters. The van der Waals surface area contributed by atoms with Gasteiger partial charge in [0, 0.05) is 10.5 Å². The number of amides is 1. The van der Waals surface area contributed by atoms with Crippen LogP contribution in [0.3, 0.4) is 0 Å². The van der Waals surface area contributed by atoms with Crippen molar-refractivity contribution in [3.8, 4) is 0 Å². The fourth-order valence-corrected chi connectivity index (χ4v) is 2.17. The molecule has 6 nitrogen and oxygen atoms in total. The van der Waals surface area contributed by atoms with E-state index in [4.69, 9.17) is 0 Å². The Balaban J connectivity index is 2.08. The van der Waals surface area contributed by atoms with Crippen LogP contribution < -0.4 is 5.32 Å². The minimum absolute atomic E-state index is 0.165. The first-order valence-corrected chi connectivity index (χ1v) is 6.66. The van der Waals surface area contributed by atoms with Gasteiger partial charge in [-0.25, -0.2) is 4.98 Å². The highest BCUT2D eigenvalue weighted by Crippen LogP contribution is 2.18. The van der Waals surface area contributed by atoms with Crippen LogP contribution in [0.4, 0.5) is 5.82 Å². The Morgan fingerprint density at radius 3 is 2.75 bits per heavy atom. The second-order valence-corrected chi connectivity index (χ2v) is 5.18. The standard InChI is InChI=1S/C13H12BrN3O3/c1-8(9-3-2-4-10(14)7-9)15-13(18)11-5-6-12(16-11)17(19)20/h2-8,16H,1H3,(H,15,18). The number of nitro groups is 1. The van der Waals surface area contributed by atoms with Crippen molar-refractivity contribution in [1.82, 2.24) is 10.3 Å². The number of rotatable bonds is 4. The maximum atomic E-state index is 12.0. The van der Waals surface area contributed by atoms with Crippen molar-refractivity contribution in [2.24, 2.45) is 0 Å². The van der Waals surface area contributed by atoms with Gasteiger partial charge < -0.3 is 15.4 Å². The maximum Gasteiger partial charge on any atom is 0.321 e. The van der Waals surface area contributed by atoms with Gasteiger partial charge in [0.2, 0.25) is 0 Å². The van der Waals surface area contributed by atoms with Crippen molar-refractivity contribution in [3.05, 3.63) is 62.2 Å². The third-order valence-corrected chi connectivity index (χ3v) is 3.30. The van der Waals surface area contributed by atoms with E-state index < -0.39 is 4.92 Å². The lowest BCUT2D eigenvalue weighted by molar-refractivity contribution is -0.389. The molecule has 0 saturated carbocycles. The number of aromatic amines is 1. The molecular weight excluding hydrogens is 326 g/mol. The zero-order chi connectivity index (χ0) is 14.7. The highest BCUT2D eigenvalue weighted by molar-refractivity contribution is 9.10. The van der Waals surface area contributed by atoms with Gasteiger partial charge in [-0.3, -0.25) is 4.79 Å². The summed E-state index contributed by atoms with van der Waals surface area (Å²) in [6, 6.07) is 10.0. The second-order valence-electron chi connectivity index (χ2n) is 4.26. The number of halogens is 1. The number of carbonyl (C=O) groups is 1. The van der Waals surface area contributed by atoms with E-state index in [1.54, 1.807) is 0 Å². The van der Waals surface area contributed by atoms with Crippen LogP contribution in [0.1, 0.15) is 29.0 Å². The molecule has 7 heteroatoms.